The van der Waals surface area contributed by atoms with Crippen LogP contribution >= 0.6 is 0 Å². The number of methoxy groups -OCH3 is 1. The summed E-state index contributed by atoms with van der Waals surface area (Å²) >= 11 is 0. The third kappa shape index (κ3) is 5.24. The van der Waals surface area contributed by atoms with Crippen molar-refractivity contribution in [2.75, 3.05) is 19.0 Å². The van der Waals surface area contributed by atoms with E-state index >= 15 is 0 Å². The lowest BCUT2D eigenvalue weighted by atomic mass is 10.0. The van der Waals surface area contributed by atoms with Gasteiger partial charge in [0.25, 0.3) is 0 Å². The minimum atomic E-state index is -0.826. The molecule has 1 aromatic carbocycles. The van der Waals surface area contributed by atoms with Gasteiger partial charge in [0.05, 0.1) is 13.7 Å². The molecule has 0 aliphatic rings. The second-order valence-electron chi connectivity index (χ2n) is 5.09. The number of nitrogens with one attached hydrogen (secondary N) is 1. The Bertz CT molecular complexity index is 520. The first kappa shape index (κ1) is 17.8. The van der Waals surface area contributed by atoms with Crippen molar-refractivity contribution in [3.63, 3.8) is 0 Å². The van der Waals surface area contributed by atoms with E-state index in [0.717, 1.165) is 0 Å². The molecule has 0 fully saturated rings. The van der Waals surface area contributed by atoms with Crippen molar-refractivity contribution in [2.45, 2.75) is 26.8 Å². The fourth-order valence-corrected chi connectivity index (χ4v) is 1.95. The maximum Gasteiger partial charge on any atom is 0.333 e. The lowest BCUT2D eigenvalue weighted by molar-refractivity contribution is -0.143. The summed E-state index contributed by atoms with van der Waals surface area (Å²) in [6.07, 6.45) is 2.45. The van der Waals surface area contributed by atoms with Crippen molar-refractivity contribution in [1.29, 1.82) is 0 Å². The van der Waals surface area contributed by atoms with Gasteiger partial charge in [0, 0.05) is 11.3 Å². The van der Waals surface area contributed by atoms with Gasteiger partial charge in [-0.05, 0) is 37.1 Å². The molecule has 1 rings (SSSR count). The molecule has 5 nitrogen and oxygen atoms in total. The first-order valence-corrected chi connectivity index (χ1v) is 7.25. The van der Waals surface area contributed by atoms with E-state index in [4.69, 9.17) is 9.47 Å². The number of esters is 1. The van der Waals surface area contributed by atoms with Crippen LogP contribution in [0, 0.1) is 5.92 Å². The number of carbonyl (C=O) groups excluding carboxylic acids is 2. The summed E-state index contributed by atoms with van der Waals surface area (Å²) < 4.78 is 10.2. The van der Waals surface area contributed by atoms with Gasteiger partial charge >= 0.3 is 5.97 Å². The minimum absolute atomic E-state index is 0.148. The van der Waals surface area contributed by atoms with Gasteiger partial charge < -0.3 is 14.8 Å². The highest BCUT2D eigenvalue weighted by atomic mass is 16.5. The first-order chi connectivity index (χ1) is 10.5. The maximum absolute atomic E-state index is 12.1. The molecule has 0 saturated carbocycles. The van der Waals surface area contributed by atoms with Gasteiger partial charge in [0.1, 0.15) is 12.0 Å². The molecule has 0 aliphatic heterocycles. The maximum atomic E-state index is 12.1. The van der Waals surface area contributed by atoms with E-state index in [1.165, 1.54) is 0 Å². The van der Waals surface area contributed by atoms with Crippen molar-refractivity contribution in [3.8, 4) is 5.75 Å². The molecule has 1 aromatic rings. The van der Waals surface area contributed by atoms with Gasteiger partial charge in [0.2, 0.25) is 0 Å². The quantitative estimate of drug-likeness (QED) is 0.454. The van der Waals surface area contributed by atoms with Gasteiger partial charge in [-0.15, -0.1) is 0 Å². The number of benzene rings is 1. The number of allylic oxidation sites excluding steroid dienone is 1. The summed E-state index contributed by atoms with van der Waals surface area (Å²) in [4.78, 5) is 23.5. The predicted octanol–water partition coefficient (Wildman–Crippen LogP) is 2.82. The predicted molar refractivity (Wildman–Crippen MR) is 86.0 cm³/mol. The summed E-state index contributed by atoms with van der Waals surface area (Å²) in [5, 5.41) is 3.04. The summed E-state index contributed by atoms with van der Waals surface area (Å²) in [6.45, 7) is 5.88. The Labute approximate surface area is 131 Å². The van der Waals surface area contributed by atoms with E-state index in [0.29, 0.717) is 23.3 Å². The van der Waals surface area contributed by atoms with E-state index in [1.54, 1.807) is 44.4 Å². The highest BCUT2D eigenvalue weighted by Crippen LogP contribution is 2.18. The normalized spacial score (nSPS) is 12.7. The van der Waals surface area contributed by atoms with Crippen molar-refractivity contribution in [1.82, 2.24) is 0 Å². The molecule has 0 unspecified atom stereocenters. The summed E-state index contributed by atoms with van der Waals surface area (Å²) in [5.41, 5.74) is 1.07. The van der Waals surface area contributed by atoms with Crippen LogP contribution in [0.5, 0.6) is 5.75 Å². The Kier molecular flexibility index (Phi) is 7.16. The van der Waals surface area contributed by atoms with Crippen LogP contribution in [0.2, 0.25) is 0 Å². The fourth-order valence-electron chi connectivity index (χ4n) is 1.95. The van der Waals surface area contributed by atoms with Crippen LogP contribution in [-0.2, 0) is 14.3 Å². The minimum Gasteiger partial charge on any atom is -0.497 e. The number of hydrogen-bond donors (Lipinski definition) is 1. The monoisotopic (exact) mass is 305 g/mol. The Hall–Kier alpha value is -2.30. The second kappa shape index (κ2) is 8.87. The first-order valence-electron chi connectivity index (χ1n) is 7.25. The van der Waals surface area contributed by atoms with Crippen LogP contribution in [0.15, 0.2) is 35.9 Å². The number of carbonyl (C=O) groups is 2. The average molecular weight is 305 g/mol. The zero-order chi connectivity index (χ0) is 16.5. The number of aldehydes is 1. The van der Waals surface area contributed by atoms with Gasteiger partial charge in [0.15, 0.2) is 6.04 Å². The van der Waals surface area contributed by atoms with Crippen LogP contribution < -0.4 is 10.1 Å². The molecule has 0 radical (unpaired) electrons. The van der Waals surface area contributed by atoms with Crippen molar-refractivity contribution >= 4 is 17.9 Å². The molecule has 0 aromatic heterocycles. The van der Waals surface area contributed by atoms with Gasteiger partial charge in [-0.2, -0.15) is 0 Å². The van der Waals surface area contributed by atoms with Crippen LogP contribution in [0.1, 0.15) is 20.8 Å². The molecule has 1 atom stereocenters. The number of hydrogen-bond acceptors (Lipinski definition) is 5. The summed E-state index contributed by atoms with van der Waals surface area (Å²) in [7, 11) is 1.58. The third-order valence-electron chi connectivity index (χ3n) is 2.92. The average Bonchev–Trinajstić information content (AvgIpc) is 2.51. The van der Waals surface area contributed by atoms with Gasteiger partial charge in [-0.25, -0.2) is 4.79 Å². The Morgan fingerprint density at radius 2 is 1.91 bits per heavy atom. The standard InChI is InChI=1S/C17H23NO4/c1-5-22-17(20)16(13(11-19)10-12(2)3)18-14-6-8-15(21-4)9-7-14/h6-12,16,18H,5H2,1-4H3/b13-10-/t16-/m0/s1. The molecule has 120 valence electrons. The van der Waals surface area contributed by atoms with Gasteiger partial charge in [-0.3, -0.25) is 4.79 Å². The highest BCUT2D eigenvalue weighted by Gasteiger charge is 2.24. The zero-order valence-corrected chi connectivity index (χ0v) is 13.5. The lowest BCUT2D eigenvalue weighted by Crippen LogP contribution is -2.34. The third-order valence-corrected chi connectivity index (χ3v) is 2.92. The van der Waals surface area contributed by atoms with E-state index in [2.05, 4.69) is 5.32 Å². The van der Waals surface area contributed by atoms with Crippen LogP contribution in [0.4, 0.5) is 5.69 Å². The van der Waals surface area contributed by atoms with E-state index in [1.807, 2.05) is 13.8 Å². The SMILES string of the molecule is CCOC(=O)[C@@H](Nc1ccc(OC)cc1)/C(C=O)=C\C(C)C. The zero-order valence-electron chi connectivity index (χ0n) is 13.5. The highest BCUT2D eigenvalue weighted by molar-refractivity contribution is 5.92. The van der Waals surface area contributed by atoms with E-state index in [9.17, 15) is 9.59 Å². The molecule has 0 amide bonds. The Balaban J connectivity index is 3.03. The lowest BCUT2D eigenvalue weighted by Gasteiger charge is -2.19. The van der Waals surface area contributed by atoms with E-state index < -0.39 is 12.0 Å². The van der Waals surface area contributed by atoms with E-state index in [-0.39, 0.29) is 12.5 Å². The Morgan fingerprint density at radius 1 is 1.27 bits per heavy atom. The topological polar surface area (TPSA) is 64.6 Å². The fraction of sp³-hybridized carbons (Fsp3) is 0.412. The van der Waals surface area contributed by atoms with Crippen LogP contribution in [0.25, 0.3) is 0 Å². The van der Waals surface area contributed by atoms with Crippen molar-refractivity contribution in [2.24, 2.45) is 5.92 Å². The van der Waals surface area contributed by atoms with Gasteiger partial charge in [-0.1, -0.05) is 19.9 Å². The largest absolute Gasteiger partial charge is 0.497 e. The molecule has 5 heteroatoms. The molecule has 0 heterocycles. The number of ether oxygens (including phenoxy) is 2. The molecular weight excluding hydrogens is 282 g/mol. The molecule has 0 bridgehead atoms. The van der Waals surface area contributed by atoms with Crippen LogP contribution in [-0.4, -0.2) is 32.0 Å². The molecule has 22 heavy (non-hydrogen) atoms. The number of anilines is 1. The molecule has 0 spiro atoms. The smallest absolute Gasteiger partial charge is 0.333 e. The second-order valence-corrected chi connectivity index (χ2v) is 5.09. The van der Waals surface area contributed by atoms with Crippen molar-refractivity contribution < 1.29 is 19.1 Å². The molecule has 1 N–H and O–H groups in total. The number of rotatable bonds is 8. The van der Waals surface area contributed by atoms with Crippen molar-refractivity contribution in [3.05, 3.63) is 35.9 Å². The Morgan fingerprint density at radius 3 is 2.36 bits per heavy atom. The summed E-state index contributed by atoms with van der Waals surface area (Å²) in [6, 6.07) is 6.29. The molecular formula is C17H23NO4. The molecule has 0 saturated heterocycles. The molecule has 0 aliphatic carbocycles. The summed E-state index contributed by atoms with van der Waals surface area (Å²) in [5.74, 6) is 0.388. The van der Waals surface area contributed by atoms with Crippen LogP contribution in [0.3, 0.4) is 0 Å².